The van der Waals surface area contributed by atoms with E-state index < -0.39 is 0 Å². The van der Waals surface area contributed by atoms with Crippen molar-refractivity contribution >= 4 is 0 Å². The van der Waals surface area contributed by atoms with Crippen LogP contribution in [0.15, 0.2) is 84.9 Å². The molecule has 34 heavy (non-hydrogen) atoms. The maximum Gasteiger partial charge on any atom is -0.00990 e. The number of hydrogen-bond acceptors (Lipinski definition) is 0. The first-order chi connectivity index (χ1) is 16.0. The minimum atomic E-state index is 0.0589. The molecule has 0 atom stereocenters. The van der Waals surface area contributed by atoms with E-state index in [1.165, 1.54) is 55.6 Å². The predicted molar refractivity (Wildman–Crippen MR) is 150 cm³/mol. The first-order valence-corrected chi connectivity index (χ1v) is 12.4. The molecule has 0 saturated heterocycles. The molecular formula is C34H38. The summed E-state index contributed by atoms with van der Waals surface area (Å²) in [7, 11) is 0. The maximum absolute atomic E-state index is 2.31. The summed E-state index contributed by atoms with van der Waals surface area (Å²) >= 11 is 0. The van der Waals surface area contributed by atoms with E-state index in [9.17, 15) is 0 Å². The van der Waals surface area contributed by atoms with Crippen molar-refractivity contribution in [2.45, 2.75) is 66.2 Å². The number of benzene rings is 4. The molecule has 0 aliphatic carbocycles. The van der Waals surface area contributed by atoms with E-state index in [4.69, 9.17) is 0 Å². The second-order valence-electron chi connectivity index (χ2n) is 11.6. The van der Waals surface area contributed by atoms with Crippen LogP contribution in [-0.2, 0) is 10.8 Å². The summed E-state index contributed by atoms with van der Waals surface area (Å²) < 4.78 is 0. The minimum Gasteiger partial charge on any atom is -0.0617 e. The third-order valence-corrected chi connectivity index (χ3v) is 6.84. The van der Waals surface area contributed by atoms with Gasteiger partial charge in [-0.05, 0) is 80.3 Å². The molecule has 4 aromatic rings. The standard InChI is InChI=1S/C34H38/c1-23-15-13-21-29(33(3,4)5)31(23)27-19-11-9-17-25(27)26-18-10-12-20-28(26)32-24(2)16-14-22-30(32)34(6,7)8/h9-22H,1-8H3. The van der Waals surface area contributed by atoms with Crippen molar-refractivity contribution in [2.24, 2.45) is 0 Å². The Morgan fingerprint density at radius 1 is 0.382 bits per heavy atom. The van der Waals surface area contributed by atoms with Crippen molar-refractivity contribution in [1.29, 1.82) is 0 Å². The predicted octanol–water partition coefficient (Wildman–Crippen LogP) is 9.90. The van der Waals surface area contributed by atoms with Gasteiger partial charge in [0.2, 0.25) is 0 Å². The Labute approximate surface area is 206 Å². The first kappa shape index (κ1) is 24.0. The zero-order chi connectivity index (χ0) is 24.7. The van der Waals surface area contributed by atoms with Crippen LogP contribution in [0.4, 0.5) is 0 Å². The highest BCUT2D eigenvalue weighted by molar-refractivity contribution is 5.94. The van der Waals surface area contributed by atoms with Gasteiger partial charge in [0.25, 0.3) is 0 Å². The molecule has 174 valence electrons. The molecule has 0 radical (unpaired) electrons. The normalized spacial score (nSPS) is 12.1. The first-order valence-electron chi connectivity index (χ1n) is 12.4. The Balaban J connectivity index is 2.05. The van der Waals surface area contributed by atoms with Crippen LogP contribution in [0.1, 0.15) is 63.8 Å². The van der Waals surface area contributed by atoms with Gasteiger partial charge in [0, 0.05) is 0 Å². The molecule has 0 saturated carbocycles. The molecule has 0 spiro atoms. The van der Waals surface area contributed by atoms with Crippen molar-refractivity contribution in [3.05, 3.63) is 107 Å². The highest BCUT2D eigenvalue weighted by Gasteiger charge is 2.24. The fraction of sp³-hybridized carbons (Fsp3) is 0.294. The summed E-state index contributed by atoms with van der Waals surface area (Å²) in [4.78, 5) is 0. The van der Waals surface area contributed by atoms with E-state index in [0.29, 0.717) is 0 Å². The molecule has 0 heterocycles. The van der Waals surface area contributed by atoms with Gasteiger partial charge in [0.05, 0.1) is 0 Å². The molecule has 0 N–H and O–H groups in total. The molecule has 0 aliphatic rings. The average Bonchev–Trinajstić information content (AvgIpc) is 2.78. The molecule has 0 heteroatoms. The maximum atomic E-state index is 2.31. The van der Waals surface area contributed by atoms with E-state index in [-0.39, 0.29) is 10.8 Å². The topological polar surface area (TPSA) is 0 Å². The lowest BCUT2D eigenvalue weighted by atomic mass is 9.76. The van der Waals surface area contributed by atoms with Gasteiger partial charge in [-0.25, -0.2) is 0 Å². The van der Waals surface area contributed by atoms with Gasteiger partial charge in [0.1, 0.15) is 0 Å². The van der Waals surface area contributed by atoms with Crippen LogP contribution in [0.5, 0.6) is 0 Å². The van der Waals surface area contributed by atoms with Crippen LogP contribution in [0.25, 0.3) is 33.4 Å². The Bertz CT molecular complexity index is 1220. The van der Waals surface area contributed by atoms with Crippen molar-refractivity contribution in [2.75, 3.05) is 0 Å². The largest absolute Gasteiger partial charge is 0.0617 e. The van der Waals surface area contributed by atoms with Crippen LogP contribution in [0, 0.1) is 13.8 Å². The summed E-state index contributed by atoms with van der Waals surface area (Å²) in [5, 5.41) is 0. The number of aryl methyl sites for hydroxylation is 2. The molecule has 0 unspecified atom stereocenters. The van der Waals surface area contributed by atoms with Gasteiger partial charge in [-0.3, -0.25) is 0 Å². The third-order valence-electron chi connectivity index (χ3n) is 6.84. The summed E-state index contributed by atoms with van der Waals surface area (Å²) in [6.45, 7) is 18.3. The van der Waals surface area contributed by atoms with Crippen LogP contribution in [0.3, 0.4) is 0 Å². The second kappa shape index (κ2) is 8.91. The van der Waals surface area contributed by atoms with Crippen LogP contribution < -0.4 is 0 Å². The highest BCUT2D eigenvalue weighted by atomic mass is 14.3. The Morgan fingerprint density at radius 3 is 1.03 bits per heavy atom. The summed E-state index contributed by atoms with van der Waals surface area (Å²) in [5.74, 6) is 0. The van der Waals surface area contributed by atoms with Gasteiger partial charge in [0.15, 0.2) is 0 Å². The molecule has 0 amide bonds. The fourth-order valence-corrected chi connectivity index (χ4v) is 5.17. The molecule has 0 nitrogen and oxygen atoms in total. The van der Waals surface area contributed by atoms with Crippen LogP contribution in [0.2, 0.25) is 0 Å². The molecule has 4 rings (SSSR count). The van der Waals surface area contributed by atoms with Gasteiger partial charge in [-0.1, -0.05) is 126 Å². The Morgan fingerprint density at radius 2 is 0.706 bits per heavy atom. The van der Waals surface area contributed by atoms with E-state index in [0.717, 1.165) is 0 Å². The van der Waals surface area contributed by atoms with Crippen LogP contribution >= 0.6 is 0 Å². The number of hydrogen-bond donors (Lipinski definition) is 0. The molecule has 0 aromatic heterocycles. The summed E-state index contributed by atoms with van der Waals surface area (Å²) in [5.41, 5.74) is 13.5. The second-order valence-corrected chi connectivity index (χ2v) is 11.6. The monoisotopic (exact) mass is 446 g/mol. The van der Waals surface area contributed by atoms with Gasteiger partial charge in [-0.2, -0.15) is 0 Å². The molecule has 0 fully saturated rings. The van der Waals surface area contributed by atoms with E-state index >= 15 is 0 Å². The lowest BCUT2D eigenvalue weighted by molar-refractivity contribution is 0.591. The molecule has 4 aromatic carbocycles. The molecular weight excluding hydrogens is 408 g/mol. The fourth-order valence-electron chi connectivity index (χ4n) is 5.17. The lowest BCUT2D eigenvalue weighted by Gasteiger charge is -2.27. The van der Waals surface area contributed by atoms with Crippen LogP contribution in [-0.4, -0.2) is 0 Å². The third kappa shape index (κ3) is 4.47. The van der Waals surface area contributed by atoms with Crippen molar-refractivity contribution < 1.29 is 0 Å². The SMILES string of the molecule is Cc1cccc(C(C)(C)C)c1-c1ccccc1-c1ccccc1-c1c(C)cccc1C(C)(C)C. The van der Waals surface area contributed by atoms with Gasteiger partial charge < -0.3 is 0 Å². The van der Waals surface area contributed by atoms with Crippen molar-refractivity contribution in [3.63, 3.8) is 0 Å². The zero-order valence-corrected chi connectivity index (χ0v) is 22.1. The van der Waals surface area contributed by atoms with E-state index in [1.807, 2.05) is 0 Å². The zero-order valence-electron chi connectivity index (χ0n) is 22.1. The van der Waals surface area contributed by atoms with Gasteiger partial charge >= 0.3 is 0 Å². The quantitative estimate of drug-likeness (QED) is 0.294. The van der Waals surface area contributed by atoms with E-state index in [2.05, 4.69) is 140 Å². The van der Waals surface area contributed by atoms with Crippen molar-refractivity contribution in [1.82, 2.24) is 0 Å². The minimum absolute atomic E-state index is 0.0589. The Kier molecular flexibility index (Phi) is 6.30. The van der Waals surface area contributed by atoms with Gasteiger partial charge in [-0.15, -0.1) is 0 Å². The lowest BCUT2D eigenvalue weighted by Crippen LogP contribution is -2.14. The number of rotatable bonds is 3. The van der Waals surface area contributed by atoms with Crippen molar-refractivity contribution in [3.8, 4) is 33.4 Å². The highest BCUT2D eigenvalue weighted by Crippen LogP contribution is 2.45. The summed E-state index contributed by atoms with van der Waals surface area (Å²) in [6, 6.07) is 31.3. The van der Waals surface area contributed by atoms with E-state index in [1.54, 1.807) is 0 Å². The summed E-state index contributed by atoms with van der Waals surface area (Å²) in [6.07, 6.45) is 0. The molecule has 0 aliphatic heterocycles. The average molecular weight is 447 g/mol. The smallest absolute Gasteiger partial charge is 0.00990 e. The molecule has 0 bridgehead atoms. The Hall–Kier alpha value is -3.12.